The third-order valence-electron chi connectivity index (χ3n) is 6.16. The van der Waals surface area contributed by atoms with Gasteiger partial charge in [-0.1, -0.05) is 23.7 Å². The van der Waals surface area contributed by atoms with Crippen LogP contribution in [0, 0.1) is 0 Å². The lowest BCUT2D eigenvalue weighted by Crippen LogP contribution is -2.40. The molecule has 0 spiro atoms. The second-order valence-electron chi connectivity index (χ2n) is 9.34. The van der Waals surface area contributed by atoms with Crippen molar-refractivity contribution in [2.45, 2.75) is 18.9 Å². The van der Waals surface area contributed by atoms with Gasteiger partial charge in [-0.15, -0.1) is 0 Å². The minimum absolute atomic E-state index is 0.00479. The highest BCUT2D eigenvalue weighted by molar-refractivity contribution is 6.33. The number of hydrogen-bond acceptors (Lipinski definition) is 9. The molecule has 0 aliphatic carbocycles. The number of carbonyl (C=O) groups is 2. The van der Waals surface area contributed by atoms with Crippen molar-refractivity contribution >= 4 is 46.6 Å². The monoisotopic (exact) mass is 553 g/mol. The number of benzene rings is 1. The number of nitrogens with two attached hydrogens (primary N) is 1. The Bertz CT molecular complexity index is 1360. The SMILES string of the molecule is COc1cccc(Cl)c1Nc1nc(Nc2cnn(C3CCCN(C(=O)/C=C/CN(C)C)C3)c2)ncc1C(N)=O. The molecule has 2 aromatic heterocycles. The molecule has 1 saturated heterocycles. The van der Waals surface area contributed by atoms with Crippen LogP contribution in [0.1, 0.15) is 29.2 Å². The van der Waals surface area contributed by atoms with E-state index in [9.17, 15) is 9.59 Å². The number of nitrogens with one attached hydrogen (secondary N) is 2. The number of ether oxygens (including phenoxy) is 1. The number of nitrogens with zero attached hydrogens (tertiary/aromatic N) is 6. The van der Waals surface area contributed by atoms with Gasteiger partial charge in [0, 0.05) is 38.1 Å². The molecule has 1 aliphatic heterocycles. The summed E-state index contributed by atoms with van der Waals surface area (Å²) in [5, 5.41) is 11.0. The molecule has 1 atom stereocenters. The summed E-state index contributed by atoms with van der Waals surface area (Å²) < 4.78 is 7.22. The Morgan fingerprint density at radius 1 is 1.28 bits per heavy atom. The molecule has 1 aliphatic rings. The highest BCUT2D eigenvalue weighted by Gasteiger charge is 2.24. The summed E-state index contributed by atoms with van der Waals surface area (Å²) in [5.41, 5.74) is 6.72. The summed E-state index contributed by atoms with van der Waals surface area (Å²) in [7, 11) is 5.43. The van der Waals surface area contributed by atoms with Crippen LogP contribution in [0.4, 0.5) is 23.1 Å². The van der Waals surface area contributed by atoms with E-state index in [1.807, 2.05) is 40.8 Å². The second kappa shape index (κ2) is 12.6. The molecule has 1 fully saturated rings. The van der Waals surface area contributed by atoms with Gasteiger partial charge in [-0.25, -0.2) is 4.98 Å². The third kappa shape index (κ3) is 7.03. The Kier molecular flexibility index (Phi) is 8.99. The molecule has 4 N–H and O–H groups in total. The van der Waals surface area contributed by atoms with Gasteiger partial charge in [-0.05, 0) is 39.1 Å². The number of likely N-dealkylation sites (tertiary alicyclic amines) is 1. The van der Waals surface area contributed by atoms with Crippen LogP contribution in [0.5, 0.6) is 5.75 Å². The zero-order valence-corrected chi connectivity index (χ0v) is 22.9. The molecule has 12 nitrogen and oxygen atoms in total. The molecule has 2 amide bonds. The summed E-state index contributed by atoms with van der Waals surface area (Å²) in [6.45, 7) is 2.01. The Morgan fingerprint density at radius 2 is 2.10 bits per heavy atom. The summed E-state index contributed by atoms with van der Waals surface area (Å²) in [6, 6.07) is 5.21. The van der Waals surface area contributed by atoms with Crippen LogP contribution in [-0.4, -0.2) is 82.2 Å². The highest BCUT2D eigenvalue weighted by Crippen LogP contribution is 2.35. The third-order valence-corrected chi connectivity index (χ3v) is 6.48. The molecular formula is C26H32ClN9O3. The van der Waals surface area contributed by atoms with Crippen LogP contribution >= 0.6 is 11.6 Å². The number of primary amides is 1. The Morgan fingerprint density at radius 3 is 2.85 bits per heavy atom. The molecule has 3 heterocycles. The van der Waals surface area contributed by atoms with E-state index in [1.165, 1.54) is 13.3 Å². The standard InChI is InChI=1S/C26H32ClN9O3/c1-34(2)11-6-10-22(37)35-12-5-7-18(16-35)36-15-17(13-30-36)31-26-29-14-19(24(28)38)25(33-26)32-23-20(27)8-4-9-21(23)39-3/h4,6,8-10,13-15,18H,5,7,11-12,16H2,1-3H3,(H2,28,38)(H2,29,31,32,33)/b10-6+. The van der Waals surface area contributed by atoms with E-state index in [2.05, 4.69) is 25.7 Å². The molecule has 0 saturated carbocycles. The average Bonchev–Trinajstić information content (AvgIpc) is 3.38. The number of aromatic nitrogens is 4. The molecule has 1 aromatic carbocycles. The Hall–Kier alpha value is -4.16. The minimum atomic E-state index is -0.698. The molecule has 206 valence electrons. The van der Waals surface area contributed by atoms with Gasteiger partial charge in [-0.3, -0.25) is 14.3 Å². The Labute approximate surface area is 231 Å². The first-order valence-corrected chi connectivity index (χ1v) is 12.8. The molecule has 39 heavy (non-hydrogen) atoms. The number of amides is 2. The van der Waals surface area contributed by atoms with E-state index in [0.717, 1.165) is 19.4 Å². The predicted molar refractivity (Wildman–Crippen MR) is 150 cm³/mol. The van der Waals surface area contributed by atoms with Gasteiger partial charge < -0.3 is 30.9 Å². The lowest BCUT2D eigenvalue weighted by atomic mass is 10.1. The van der Waals surface area contributed by atoms with Crippen molar-refractivity contribution in [3.63, 3.8) is 0 Å². The first-order valence-electron chi connectivity index (χ1n) is 12.4. The molecule has 4 rings (SSSR count). The van der Waals surface area contributed by atoms with E-state index in [4.69, 9.17) is 22.1 Å². The smallest absolute Gasteiger partial charge is 0.254 e. The van der Waals surface area contributed by atoms with Gasteiger partial charge in [0.05, 0.1) is 30.1 Å². The average molecular weight is 554 g/mol. The molecule has 13 heteroatoms. The zero-order chi connectivity index (χ0) is 27.9. The largest absolute Gasteiger partial charge is 0.495 e. The maximum Gasteiger partial charge on any atom is 0.254 e. The van der Waals surface area contributed by atoms with Gasteiger partial charge in [0.2, 0.25) is 11.9 Å². The molecular weight excluding hydrogens is 522 g/mol. The highest BCUT2D eigenvalue weighted by atomic mass is 35.5. The van der Waals surface area contributed by atoms with E-state index in [0.29, 0.717) is 35.2 Å². The van der Waals surface area contributed by atoms with E-state index < -0.39 is 5.91 Å². The first kappa shape index (κ1) is 27.9. The quantitative estimate of drug-likeness (QED) is 0.322. The summed E-state index contributed by atoms with van der Waals surface area (Å²) in [4.78, 5) is 37.2. The first-order chi connectivity index (χ1) is 18.7. The fraction of sp³-hybridized carbons (Fsp3) is 0.346. The minimum Gasteiger partial charge on any atom is -0.495 e. The van der Waals surface area contributed by atoms with Gasteiger partial charge in [0.1, 0.15) is 22.8 Å². The topological polar surface area (TPSA) is 144 Å². The lowest BCUT2D eigenvalue weighted by molar-refractivity contribution is -0.127. The Balaban J connectivity index is 1.48. The number of hydrogen-bond donors (Lipinski definition) is 3. The molecule has 0 radical (unpaired) electrons. The summed E-state index contributed by atoms with van der Waals surface area (Å²) in [6.07, 6.45) is 10.1. The summed E-state index contributed by atoms with van der Waals surface area (Å²) >= 11 is 6.34. The van der Waals surface area contributed by atoms with Gasteiger partial charge >= 0.3 is 0 Å². The fourth-order valence-corrected chi connectivity index (χ4v) is 4.42. The molecule has 1 unspecified atom stereocenters. The fourth-order valence-electron chi connectivity index (χ4n) is 4.20. The number of carbonyl (C=O) groups excluding carboxylic acids is 2. The van der Waals surface area contributed by atoms with Gasteiger partial charge in [0.25, 0.3) is 5.91 Å². The van der Waals surface area contributed by atoms with E-state index >= 15 is 0 Å². The van der Waals surface area contributed by atoms with Crippen molar-refractivity contribution in [3.05, 3.63) is 59.5 Å². The van der Waals surface area contributed by atoms with Crippen molar-refractivity contribution in [2.75, 3.05) is 51.5 Å². The van der Waals surface area contributed by atoms with Gasteiger partial charge in [-0.2, -0.15) is 10.1 Å². The maximum atomic E-state index is 12.6. The van der Waals surface area contributed by atoms with Gasteiger partial charge in [0.15, 0.2) is 0 Å². The normalized spacial score (nSPS) is 15.5. The molecule has 3 aromatic rings. The van der Waals surface area contributed by atoms with E-state index in [-0.39, 0.29) is 29.3 Å². The van der Waals surface area contributed by atoms with Crippen molar-refractivity contribution in [3.8, 4) is 5.75 Å². The van der Waals surface area contributed by atoms with Crippen molar-refractivity contribution < 1.29 is 14.3 Å². The molecule has 0 bridgehead atoms. The number of anilines is 4. The van der Waals surface area contributed by atoms with Crippen LogP contribution in [0.3, 0.4) is 0 Å². The van der Waals surface area contributed by atoms with Crippen LogP contribution in [0.2, 0.25) is 5.02 Å². The number of likely N-dealkylation sites (N-methyl/N-ethyl adjacent to an activating group) is 1. The van der Waals surface area contributed by atoms with Crippen molar-refractivity contribution in [1.82, 2.24) is 29.5 Å². The van der Waals surface area contributed by atoms with Crippen LogP contribution in [0.15, 0.2) is 48.9 Å². The summed E-state index contributed by atoms with van der Waals surface area (Å²) in [5.74, 6) is 0.170. The second-order valence-corrected chi connectivity index (χ2v) is 9.75. The van der Waals surface area contributed by atoms with Crippen molar-refractivity contribution in [2.24, 2.45) is 5.73 Å². The number of methoxy groups -OCH3 is 1. The van der Waals surface area contributed by atoms with Crippen molar-refractivity contribution in [1.29, 1.82) is 0 Å². The van der Waals surface area contributed by atoms with Crippen LogP contribution in [0.25, 0.3) is 0 Å². The number of rotatable bonds is 10. The van der Waals surface area contributed by atoms with Crippen LogP contribution < -0.4 is 21.1 Å². The number of para-hydroxylation sites is 1. The zero-order valence-electron chi connectivity index (χ0n) is 22.1. The van der Waals surface area contributed by atoms with E-state index in [1.54, 1.807) is 30.5 Å². The number of halogens is 1. The van der Waals surface area contributed by atoms with Crippen LogP contribution in [-0.2, 0) is 4.79 Å². The number of piperidine rings is 1. The predicted octanol–water partition coefficient (Wildman–Crippen LogP) is 3.20. The maximum absolute atomic E-state index is 12.6. The lowest BCUT2D eigenvalue weighted by Gasteiger charge is -2.32.